The summed E-state index contributed by atoms with van der Waals surface area (Å²) in [4.78, 5) is 12.0. The summed E-state index contributed by atoms with van der Waals surface area (Å²) in [5.41, 5.74) is 5.21. The van der Waals surface area contributed by atoms with Crippen LogP contribution in [0.5, 0.6) is 5.75 Å². The second kappa shape index (κ2) is 8.90. The molecule has 3 aromatic rings. The normalized spacial score (nSPS) is 10.8. The molecule has 0 fully saturated rings. The van der Waals surface area contributed by atoms with Gasteiger partial charge in [-0.05, 0) is 44.0 Å². The molecule has 6 heteroatoms. The van der Waals surface area contributed by atoms with E-state index in [2.05, 4.69) is 30.5 Å². The Morgan fingerprint density at radius 3 is 2.69 bits per heavy atom. The maximum Gasteiger partial charge on any atom is 0.154 e. The molecular weight excluding hydrogens is 362 g/mol. The average molecular weight is 392 g/mol. The lowest BCUT2D eigenvalue weighted by Gasteiger charge is -2.22. The van der Waals surface area contributed by atoms with Crippen LogP contribution in [0.25, 0.3) is 22.5 Å². The summed E-state index contributed by atoms with van der Waals surface area (Å²) in [5.74, 6) is 1.61. The topological polar surface area (TPSA) is 56.1 Å². The number of methoxy groups -OCH3 is 1. The molecule has 0 bridgehead atoms. The Balaban J connectivity index is 2.09. The first kappa shape index (κ1) is 20.6. The lowest BCUT2D eigenvalue weighted by molar-refractivity contribution is 0.416. The summed E-state index contributed by atoms with van der Waals surface area (Å²) in [7, 11) is 3.73. The Morgan fingerprint density at radius 2 is 2.07 bits per heavy atom. The van der Waals surface area contributed by atoms with Gasteiger partial charge in [0.15, 0.2) is 5.82 Å². The van der Waals surface area contributed by atoms with E-state index in [1.807, 2.05) is 44.3 Å². The lowest BCUT2D eigenvalue weighted by Crippen LogP contribution is -2.22. The summed E-state index contributed by atoms with van der Waals surface area (Å²) in [6, 6.07) is 7.87. The first-order valence-corrected chi connectivity index (χ1v) is 9.90. The third-order valence-corrected chi connectivity index (χ3v) is 4.87. The number of benzene rings is 1. The van der Waals surface area contributed by atoms with Crippen LogP contribution in [-0.4, -0.2) is 40.5 Å². The molecule has 0 saturated carbocycles. The van der Waals surface area contributed by atoms with E-state index in [0.717, 1.165) is 64.9 Å². The van der Waals surface area contributed by atoms with Gasteiger partial charge in [-0.3, -0.25) is 0 Å². The first-order chi connectivity index (χ1) is 14.0. The number of allylic oxidation sites excluding steroid dienone is 1. The average Bonchev–Trinajstić information content (AvgIpc) is 3.26. The summed E-state index contributed by atoms with van der Waals surface area (Å²) < 4.78 is 7.48. The van der Waals surface area contributed by atoms with Gasteiger partial charge in [-0.15, -0.1) is 0 Å². The van der Waals surface area contributed by atoms with Crippen LogP contribution in [0.1, 0.15) is 38.1 Å². The molecule has 0 aliphatic heterocycles. The zero-order chi connectivity index (χ0) is 21.0. The number of aryl methyl sites for hydroxylation is 1. The van der Waals surface area contributed by atoms with Crippen LogP contribution in [0, 0.1) is 6.92 Å². The zero-order valence-electron chi connectivity index (χ0n) is 17.9. The number of anilines is 1. The van der Waals surface area contributed by atoms with Crippen LogP contribution in [0.3, 0.4) is 0 Å². The predicted molar refractivity (Wildman–Crippen MR) is 119 cm³/mol. The molecule has 0 atom stereocenters. The highest BCUT2D eigenvalue weighted by molar-refractivity contribution is 5.76. The molecule has 0 aliphatic rings. The van der Waals surface area contributed by atoms with Crippen molar-refractivity contribution in [3.05, 3.63) is 54.6 Å². The summed E-state index contributed by atoms with van der Waals surface area (Å²) in [6.45, 7) is 11.2. The smallest absolute Gasteiger partial charge is 0.154 e. The third-order valence-electron chi connectivity index (χ3n) is 4.87. The number of nitrogens with zero attached hydrogens (tertiary/aromatic N) is 5. The molecule has 2 heterocycles. The predicted octanol–water partition coefficient (Wildman–Crippen LogP) is 4.92. The Hall–Kier alpha value is -3.15. The first-order valence-electron chi connectivity index (χ1n) is 9.90. The number of unbranched alkanes of at least 4 members (excludes halogenated alkanes) is 1. The monoisotopic (exact) mass is 391 g/mol. The quantitative estimate of drug-likeness (QED) is 0.546. The molecule has 2 aromatic heterocycles. The molecule has 0 saturated heterocycles. The molecule has 1 aromatic carbocycles. The number of ether oxygens (including phenoxy) is 1. The lowest BCUT2D eigenvalue weighted by atomic mass is 10.1. The van der Waals surface area contributed by atoms with Gasteiger partial charge in [0, 0.05) is 37.6 Å². The zero-order valence-corrected chi connectivity index (χ0v) is 17.9. The van der Waals surface area contributed by atoms with Crippen molar-refractivity contribution in [2.75, 3.05) is 25.6 Å². The Labute approximate surface area is 172 Å². The van der Waals surface area contributed by atoms with E-state index in [-0.39, 0.29) is 0 Å². The Morgan fingerprint density at radius 1 is 1.28 bits per heavy atom. The number of hydrogen-bond acceptors (Lipinski definition) is 5. The van der Waals surface area contributed by atoms with Crippen molar-refractivity contribution in [3.63, 3.8) is 0 Å². The van der Waals surface area contributed by atoms with Crippen molar-refractivity contribution in [2.45, 2.75) is 33.6 Å². The van der Waals surface area contributed by atoms with E-state index in [1.54, 1.807) is 18.0 Å². The van der Waals surface area contributed by atoms with Crippen molar-refractivity contribution >= 4 is 11.4 Å². The molecule has 0 aliphatic carbocycles. The van der Waals surface area contributed by atoms with Crippen LogP contribution < -0.4 is 9.64 Å². The highest BCUT2D eigenvalue weighted by Gasteiger charge is 2.19. The molecule has 0 radical (unpaired) electrons. The fourth-order valence-corrected chi connectivity index (χ4v) is 3.26. The maximum atomic E-state index is 5.68. The van der Waals surface area contributed by atoms with Crippen molar-refractivity contribution in [1.82, 2.24) is 19.7 Å². The second-order valence-electron chi connectivity index (χ2n) is 7.22. The highest BCUT2D eigenvalue weighted by Crippen LogP contribution is 2.34. The Kier molecular flexibility index (Phi) is 6.32. The van der Waals surface area contributed by atoms with Crippen molar-refractivity contribution in [2.24, 2.45) is 0 Å². The van der Waals surface area contributed by atoms with Gasteiger partial charge in [0.25, 0.3) is 0 Å². The van der Waals surface area contributed by atoms with Crippen LogP contribution in [0.4, 0.5) is 5.82 Å². The van der Waals surface area contributed by atoms with Crippen LogP contribution in [0.15, 0.2) is 43.2 Å². The minimum Gasteiger partial charge on any atom is -0.496 e. The summed E-state index contributed by atoms with van der Waals surface area (Å²) >= 11 is 0. The molecule has 0 spiro atoms. The molecular formula is C23H29N5O. The van der Waals surface area contributed by atoms with E-state index in [0.29, 0.717) is 0 Å². The van der Waals surface area contributed by atoms with Gasteiger partial charge in [0.05, 0.1) is 24.2 Å². The van der Waals surface area contributed by atoms with Gasteiger partial charge in [0.2, 0.25) is 0 Å². The van der Waals surface area contributed by atoms with Gasteiger partial charge in [-0.1, -0.05) is 19.9 Å². The van der Waals surface area contributed by atoms with Crippen LogP contribution in [-0.2, 0) is 0 Å². The van der Waals surface area contributed by atoms with Crippen molar-refractivity contribution in [3.8, 4) is 22.7 Å². The molecule has 152 valence electrons. The third kappa shape index (κ3) is 4.31. The number of aromatic nitrogens is 4. The van der Waals surface area contributed by atoms with Gasteiger partial charge in [0.1, 0.15) is 11.4 Å². The molecule has 6 nitrogen and oxygen atoms in total. The number of hydrogen-bond donors (Lipinski definition) is 0. The Bertz CT molecular complexity index is 995. The molecule has 29 heavy (non-hydrogen) atoms. The van der Waals surface area contributed by atoms with E-state index < -0.39 is 0 Å². The van der Waals surface area contributed by atoms with Gasteiger partial charge in [-0.25, -0.2) is 14.6 Å². The van der Waals surface area contributed by atoms with Crippen molar-refractivity contribution < 1.29 is 4.74 Å². The molecule has 0 N–H and O–H groups in total. The van der Waals surface area contributed by atoms with Crippen LogP contribution >= 0.6 is 0 Å². The number of rotatable bonds is 8. The van der Waals surface area contributed by atoms with E-state index in [9.17, 15) is 0 Å². The minimum atomic E-state index is 0.732. The fraction of sp³-hybridized carbons (Fsp3) is 0.348. The van der Waals surface area contributed by atoms with Crippen LogP contribution in [0.2, 0.25) is 0 Å². The molecule has 3 rings (SSSR count). The standard InChI is InChI=1S/C23H29N5O/c1-7-8-13-27(5)23-21(16(2)3)26-22(17(4)25-23)19-11-10-18(15-20(19)29-6)28-14-9-12-24-28/h9-12,14-15H,2,7-8,13H2,1,3-6H3. The second-order valence-corrected chi connectivity index (χ2v) is 7.22. The van der Waals surface area contributed by atoms with Crippen molar-refractivity contribution in [1.29, 1.82) is 0 Å². The molecule has 0 amide bonds. The highest BCUT2D eigenvalue weighted by atomic mass is 16.5. The summed E-state index contributed by atoms with van der Waals surface area (Å²) in [6.07, 6.45) is 5.90. The van der Waals surface area contributed by atoms with E-state index in [1.165, 1.54) is 0 Å². The largest absolute Gasteiger partial charge is 0.496 e. The minimum absolute atomic E-state index is 0.732. The van der Waals surface area contributed by atoms with Gasteiger partial charge >= 0.3 is 0 Å². The van der Waals surface area contributed by atoms with Gasteiger partial charge < -0.3 is 9.64 Å². The SMILES string of the molecule is C=C(C)c1nc(-c2ccc(-n3cccn3)cc2OC)c(C)nc1N(C)CCCC. The summed E-state index contributed by atoms with van der Waals surface area (Å²) in [5, 5.41) is 4.29. The van der Waals surface area contributed by atoms with Gasteiger partial charge in [-0.2, -0.15) is 5.10 Å². The fourth-order valence-electron chi connectivity index (χ4n) is 3.26. The maximum absolute atomic E-state index is 5.68. The molecule has 0 unspecified atom stereocenters. The van der Waals surface area contributed by atoms with E-state index >= 15 is 0 Å². The van der Waals surface area contributed by atoms with E-state index in [4.69, 9.17) is 14.7 Å².